The van der Waals surface area contributed by atoms with Crippen LogP contribution >= 0.6 is 11.3 Å². The zero-order valence-corrected chi connectivity index (χ0v) is 19.2. The molecule has 3 N–H and O–H groups in total. The van der Waals surface area contributed by atoms with Gasteiger partial charge in [0.25, 0.3) is 10.0 Å². The van der Waals surface area contributed by atoms with Crippen molar-refractivity contribution in [3.05, 3.63) is 84.0 Å². The molecule has 3 aromatic carbocycles. The van der Waals surface area contributed by atoms with Crippen LogP contribution in [0.1, 0.15) is 5.56 Å². The molecule has 0 fully saturated rings. The van der Waals surface area contributed by atoms with Gasteiger partial charge in [-0.1, -0.05) is 18.2 Å². The number of thiazole rings is 1. The van der Waals surface area contributed by atoms with E-state index in [0.717, 1.165) is 26.9 Å². The number of rotatable bonds is 9. The molecule has 0 aliphatic rings. The molecule has 0 amide bonds. The number of hydrogen-bond acceptors (Lipinski definition) is 6. The Hall–Kier alpha value is -3.40. The number of benzene rings is 3. The van der Waals surface area contributed by atoms with Gasteiger partial charge >= 0.3 is 0 Å². The molecule has 0 bridgehead atoms. The van der Waals surface area contributed by atoms with Crippen molar-refractivity contribution >= 4 is 48.2 Å². The summed E-state index contributed by atoms with van der Waals surface area (Å²) in [5.41, 5.74) is 4.92. The number of sulfonamides is 1. The molecular weight excluding hydrogens is 456 g/mol. The molecule has 2 aromatic heterocycles. The average Bonchev–Trinajstić information content (AvgIpc) is 3.48. The zero-order chi connectivity index (χ0) is 22.7. The first kappa shape index (κ1) is 21.4. The smallest absolute Gasteiger partial charge is 0.261 e. The summed E-state index contributed by atoms with van der Waals surface area (Å²) >= 11 is 1.48. The predicted molar refractivity (Wildman–Crippen MR) is 132 cm³/mol. The summed E-state index contributed by atoms with van der Waals surface area (Å²) < 4.78 is 35.1. The molecule has 7 nitrogen and oxygen atoms in total. The van der Waals surface area contributed by atoms with E-state index in [-0.39, 0.29) is 4.90 Å². The molecule has 33 heavy (non-hydrogen) atoms. The Morgan fingerprint density at radius 3 is 2.88 bits per heavy atom. The Labute approximate surface area is 195 Å². The normalized spacial score (nSPS) is 11.8. The minimum Gasteiger partial charge on any atom is -0.492 e. The van der Waals surface area contributed by atoms with E-state index in [1.165, 1.54) is 11.3 Å². The lowest BCUT2D eigenvalue weighted by Gasteiger charge is -2.11. The van der Waals surface area contributed by atoms with Crippen LogP contribution in [0.25, 0.3) is 21.1 Å². The van der Waals surface area contributed by atoms with Crippen LogP contribution in [0, 0.1) is 0 Å². The summed E-state index contributed by atoms with van der Waals surface area (Å²) in [7, 11) is -3.70. The Kier molecular flexibility index (Phi) is 5.99. The second-order valence-corrected chi connectivity index (χ2v) is 10.1. The van der Waals surface area contributed by atoms with Crippen molar-refractivity contribution in [3.63, 3.8) is 0 Å². The number of H-pyrrole nitrogens is 1. The van der Waals surface area contributed by atoms with E-state index in [9.17, 15) is 8.42 Å². The summed E-state index contributed by atoms with van der Waals surface area (Å²) in [5.74, 6) is 0.850. The summed E-state index contributed by atoms with van der Waals surface area (Å²) in [4.78, 5) is 7.57. The molecule has 5 rings (SSSR count). The first-order chi connectivity index (χ1) is 16.1. The summed E-state index contributed by atoms with van der Waals surface area (Å²) in [6, 6.07) is 20.3. The summed E-state index contributed by atoms with van der Waals surface area (Å²) in [5, 5.41) is 4.40. The van der Waals surface area contributed by atoms with Gasteiger partial charge in [0.2, 0.25) is 0 Å². The molecule has 2 heterocycles. The van der Waals surface area contributed by atoms with Crippen LogP contribution in [0.4, 0.5) is 5.69 Å². The number of nitrogens with one attached hydrogen (secondary N) is 3. The molecule has 0 aliphatic carbocycles. The Morgan fingerprint density at radius 2 is 1.94 bits per heavy atom. The van der Waals surface area contributed by atoms with Crippen LogP contribution in [0.5, 0.6) is 5.75 Å². The van der Waals surface area contributed by atoms with Gasteiger partial charge in [0, 0.05) is 35.9 Å². The van der Waals surface area contributed by atoms with Crippen LogP contribution < -0.4 is 14.8 Å². The molecule has 0 saturated carbocycles. The minimum atomic E-state index is -3.70. The van der Waals surface area contributed by atoms with Crippen molar-refractivity contribution in [2.75, 3.05) is 17.9 Å². The van der Waals surface area contributed by atoms with E-state index in [0.29, 0.717) is 30.9 Å². The first-order valence-corrected chi connectivity index (χ1v) is 12.8. The highest BCUT2D eigenvalue weighted by Crippen LogP contribution is 2.25. The maximum atomic E-state index is 12.8. The maximum absolute atomic E-state index is 12.8. The van der Waals surface area contributed by atoms with E-state index in [4.69, 9.17) is 4.74 Å². The van der Waals surface area contributed by atoms with Gasteiger partial charge in [-0.25, -0.2) is 13.4 Å². The van der Waals surface area contributed by atoms with Crippen LogP contribution in [0.2, 0.25) is 0 Å². The fourth-order valence-electron chi connectivity index (χ4n) is 3.61. The molecule has 168 valence electrons. The number of anilines is 1. The lowest BCUT2D eigenvalue weighted by Crippen LogP contribution is -2.20. The van der Waals surface area contributed by atoms with Gasteiger partial charge in [0.15, 0.2) is 0 Å². The topological polar surface area (TPSA) is 96.1 Å². The zero-order valence-electron chi connectivity index (χ0n) is 17.6. The van der Waals surface area contributed by atoms with Crippen LogP contribution in [-0.4, -0.2) is 31.5 Å². The van der Waals surface area contributed by atoms with Crippen LogP contribution in [-0.2, 0) is 16.6 Å². The van der Waals surface area contributed by atoms with Gasteiger partial charge in [0.05, 0.1) is 20.6 Å². The van der Waals surface area contributed by atoms with E-state index in [2.05, 4.69) is 20.0 Å². The van der Waals surface area contributed by atoms with E-state index < -0.39 is 10.0 Å². The van der Waals surface area contributed by atoms with Crippen LogP contribution in [0.15, 0.2) is 83.3 Å². The number of ether oxygens (including phenoxy) is 1. The molecule has 5 aromatic rings. The highest BCUT2D eigenvalue weighted by Gasteiger charge is 2.15. The van der Waals surface area contributed by atoms with E-state index >= 15 is 0 Å². The Morgan fingerprint density at radius 1 is 1.03 bits per heavy atom. The number of fused-ring (bicyclic) bond motifs is 2. The molecule has 0 saturated heterocycles. The fraction of sp³-hybridized carbons (Fsp3) is 0.125. The largest absolute Gasteiger partial charge is 0.492 e. The summed E-state index contributed by atoms with van der Waals surface area (Å²) in [6.07, 6.45) is 1.90. The van der Waals surface area contributed by atoms with Gasteiger partial charge in [-0.2, -0.15) is 0 Å². The number of aromatic nitrogens is 2. The quantitative estimate of drug-likeness (QED) is 0.266. The third-order valence-corrected chi connectivity index (χ3v) is 7.40. The van der Waals surface area contributed by atoms with Crippen molar-refractivity contribution in [3.8, 4) is 5.75 Å². The molecule has 0 spiro atoms. The fourth-order valence-corrected chi connectivity index (χ4v) is 5.34. The lowest BCUT2D eigenvalue weighted by molar-refractivity contribution is 0.317. The second-order valence-electron chi connectivity index (χ2n) is 7.51. The molecule has 0 atom stereocenters. The number of nitrogens with zero attached hydrogens (tertiary/aromatic N) is 1. The van der Waals surface area contributed by atoms with Gasteiger partial charge < -0.3 is 15.0 Å². The van der Waals surface area contributed by atoms with Gasteiger partial charge in [-0.05, 0) is 54.1 Å². The molecule has 9 heteroatoms. The van der Waals surface area contributed by atoms with Gasteiger partial charge in [0.1, 0.15) is 12.4 Å². The monoisotopic (exact) mass is 478 g/mol. The number of hydrogen-bond donors (Lipinski definition) is 3. The van der Waals surface area contributed by atoms with Crippen molar-refractivity contribution in [1.82, 2.24) is 15.3 Å². The highest BCUT2D eigenvalue weighted by atomic mass is 32.2. The summed E-state index contributed by atoms with van der Waals surface area (Å²) in [6.45, 7) is 1.78. The van der Waals surface area contributed by atoms with Crippen LogP contribution in [0.3, 0.4) is 0 Å². The predicted octanol–water partition coefficient (Wildman–Crippen LogP) is 4.75. The van der Waals surface area contributed by atoms with Crippen molar-refractivity contribution < 1.29 is 13.2 Å². The Balaban J connectivity index is 1.16. The van der Waals surface area contributed by atoms with Crippen molar-refractivity contribution in [1.29, 1.82) is 0 Å². The molecule has 0 unspecified atom stereocenters. The van der Waals surface area contributed by atoms with Crippen molar-refractivity contribution in [2.45, 2.75) is 11.4 Å². The second kappa shape index (κ2) is 9.22. The average molecular weight is 479 g/mol. The maximum Gasteiger partial charge on any atom is 0.261 e. The molecule has 0 radical (unpaired) electrons. The van der Waals surface area contributed by atoms with E-state index in [1.54, 1.807) is 29.8 Å². The lowest BCUT2D eigenvalue weighted by atomic mass is 10.2. The van der Waals surface area contributed by atoms with Gasteiger partial charge in [-0.3, -0.25) is 4.72 Å². The third-order valence-electron chi connectivity index (χ3n) is 5.21. The SMILES string of the molecule is O=S(=O)(Nc1cccc(CNCCOc2cccc3[nH]ccc23)c1)c1ccc2scnc2c1. The highest BCUT2D eigenvalue weighted by molar-refractivity contribution is 7.92. The standard InChI is InChI=1S/C24H22N4O3S2/c29-33(30,19-7-8-24-22(14-19)27-16-32-24)28-18-4-1-3-17(13-18)15-25-11-12-31-23-6-2-5-21-20(23)9-10-26-21/h1-10,13-14,16,25-26,28H,11-12,15H2. The van der Waals surface area contributed by atoms with Crippen molar-refractivity contribution in [2.24, 2.45) is 0 Å². The minimum absolute atomic E-state index is 0.194. The Bertz CT molecular complexity index is 1510. The van der Waals surface area contributed by atoms with E-state index in [1.807, 2.05) is 48.7 Å². The molecule has 0 aliphatic heterocycles. The van der Waals surface area contributed by atoms with Gasteiger partial charge in [-0.15, -0.1) is 11.3 Å². The first-order valence-electron chi connectivity index (χ1n) is 10.4. The molecular formula is C24H22N4O3S2. The third kappa shape index (κ3) is 4.85. The number of aromatic amines is 1.